The molecule has 0 N–H and O–H groups in total. The largest absolute Gasteiger partial charge is 0.497 e. The molecule has 0 radical (unpaired) electrons. The van der Waals surface area contributed by atoms with Crippen molar-refractivity contribution in [3.05, 3.63) is 48.0 Å². The molecule has 1 saturated heterocycles. The Labute approximate surface area is 190 Å². The van der Waals surface area contributed by atoms with E-state index in [1.165, 1.54) is 32.0 Å². The quantitative estimate of drug-likeness (QED) is 0.648. The lowest BCUT2D eigenvalue weighted by molar-refractivity contribution is 0.0684. The summed E-state index contributed by atoms with van der Waals surface area (Å²) >= 11 is 0. The van der Waals surface area contributed by atoms with Crippen molar-refractivity contribution in [3.63, 3.8) is 0 Å². The molecule has 0 spiro atoms. The maximum absolute atomic E-state index is 13.5. The standard InChI is InChI=1S/C25H34N4O3/c1-18(23-10-13-26-17-27-23)28(2)25(30)22-16-21(31-3)8-9-24(22)32-20-11-14-29(15-12-20)19-6-4-5-7-19/h8-10,13,16-20H,4-7,11-12,14-15H2,1-3H3/t18-/m0/s1. The zero-order valence-corrected chi connectivity index (χ0v) is 19.4. The van der Waals surface area contributed by atoms with Crippen LogP contribution in [0.4, 0.5) is 0 Å². The van der Waals surface area contributed by atoms with E-state index in [4.69, 9.17) is 9.47 Å². The van der Waals surface area contributed by atoms with Gasteiger partial charge >= 0.3 is 0 Å². The summed E-state index contributed by atoms with van der Waals surface area (Å²) in [5.41, 5.74) is 1.31. The van der Waals surface area contributed by atoms with Crippen molar-refractivity contribution in [1.29, 1.82) is 0 Å². The highest BCUT2D eigenvalue weighted by Crippen LogP contribution is 2.31. The van der Waals surface area contributed by atoms with E-state index < -0.39 is 0 Å². The second-order valence-electron chi connectivity index (χ2n) is 8.88. The average molecular weight is 439 g/mol. The number of hydrogen-bond acceptors (Lipinski definition) is 6. The Hall–Kier alpha value is -2.67. The van der Waals surface area contributed by atoms with Gasteiger partial charge in [-0.15, -0.1) is 0 Å². The average Bonchev–Trinajstić information content (AvgIpc) is 3.39. The lowest BCUT2D eigenvalue weighted by Gasteiger charge is -2.36. The van der Waals surface area contributed by atoms with Crippen LogP contribution in [-0.2, 0) is 0 Å². The highest BCUT2D eigenvalue weighted by atomic mass is 16.5. The van der Waals surface area contributed by atoms with Gasteiger partial charge in [-0.2, -0.15) is 0 Å². The number of carbonyl (C=O) groups is 1. The smallest absolute Gasteiger partial charge is 0.258 e. The van der Waals surface area contributed by atoms with Crippen molar-refractivity contribution in [2.75, 3.05) is 27.2 Å². The van der Waals surface area contributed by atoms with Gasteiger partial charge in [-0.05, 0) is 56.9 Å². The predicted octanol–water partition coefficient (Wildman–Crippen LogP) is 4.10. The lowest BCUT2D eigenvalue weighted by atomic mass is 10.0. The highest BCUT2D eigenvalue weighted by Gasteiger charge is 2.29. The molecule has 32 heavy (non-hydrogen) atoms. The molecule has 2 aliphatic rings. The van der Waals surface area contributed by atoms with Crippen molar-refractivity contribution in [3.8, 4) is 11.5 Å². The van der Waals surface area contributed by atoms with Crippen LogP contribution >= 0.6 is 0 Å². The fraction of sp³-hybridized carbons (Fsp3) is 0.560. The molecule has 1 aliphatic heterocycles. The fourth-order valence-electron chi connectivity index (χ4n) is 4.83. The van der Waals surface area contributed by atoms with Crippen LogP contribution in [0.1, 0.15) is 67.5 Å². The van der Waals surface area contributed by atoms with Gasteiger partial charge in [-0.1, -0.05) is 12.8 Å². The molecule has 1 amide bonds. The van der Waals surface area contributed by atoms with Crippen molar-refractivity contribution < 1.29 is 14.3 Å². The number of rotatable bonds is 7. The van der Waals surface area contributed by atoms with E-state index in [2.05, 4.69) is 14.9 Å². The summed E-state index contributed by atoms with van der Waals surface area (Å²) in [6.45, 7) is 4.10. The van der Waals surface area contributed by atoms with Crippen LogP contribution in [0.3, 0.4) is 0 Å². The third kappa shape index (κ3) is 5.04. The van der Waals surface area contributed by atoms with Crippen LogP contribution in [0.2, 0.25) is 0 Å². The number of hydrogen-bond donors (Lipinski definition) is 0. The monoisotopic (exact) mass is 438 g/mol. The minimum Gasteiger partial charge on any atom is -0.497 e. The Kier molecular flexibility index (Phi) is 7.25. The summed E-state index contributed by atoms with van der Waals surface area (Å²) in [6.07, 6.45) is 10.7. The van der Waals surface area contributed by atoms with Crippen molar-refractivity contribution in [2.45, 2.75) is 63.6 Å². The lowest BCUT2D eigenvalue weighted by Crippen LogP contribution is -2.43. The second kappa shape index (κ2) is 10.3. The maximum Gasteiger partial charge on any atom is 0.258 e. The zero-order chi connectivity index (χ0) is 22.5. The Balaban J connectivity index is 1.47. The molecule has 172 valence electrons. The summed E-state index contributed by atoms with van der Waals surface area (Å²) in [5, 5.41) is 0. The summed E-state index contributed by atoms with van der Waals surface area (Å²) in [5.74, 6) is 1.14. The van der Waals surface area contributed by atoms with Gasteiger partial charge in [0.1, 0.15) is 23.9 Å². The Morgan fingerprint density at radius 1 is 1.16 bits per heavy atom. The molecular weight excluding hydrogens is 404 g/mol. The molecule has 7 nitrogen and oxygen atoms in total. The number of likely N-dealkylation sites (tertiary alicyclic amines) is 1. The van der Waals surface area contributed by atoms with E-state index in [0.717, 1.165) is 37.7 Å². The molecule has 1 saturated carbocycles. The number of ether oxygens (including phenoxy) is 2. The van der Waals surface area contributed by atoms with E-state index in [9.17, 15) is 4.79 Å². The molecular formula is C25H34N4O3. The highest BCUT2D eigenvalue weighted by molar-refractivity contribution is 5.97. The number of methoxy groups -OCH3 is 1. The molecule has 1 atom stereocenters. The molecule has 2 fully saturated rings. The second-order valence-corrected chi connectivity index (χ2v) is 8.88. The minimum atomic E-state index is -0.195. The van der Waals surface area contributed by atoms with Gasteiger partial charge in [-0.3, -0.25) is 4.79 Å². The number of carbonyl (C=O) groups excluding carboxylic acids is 1. The van der Waals surface area contributed by atoms with Gasteiger partial charge in [0.05, 0.1) is 24.4 Å². The van der Waals surface area contributed by atoms with E-state index in [-0.39, 0.29) is 18.1 Å². The Morgan fingerprint density at radius 3 is 2.56 bits per heavy atom. The van der Waals surface area contributed by atoms with Crippen LogP contribution in [0, 0.1) is 0 Å². The molecule has 4 rings (SSSR count). The van der Waals surface area contributed by atoms with Gasteiger partial charge in [0, 0.05) is 32.4 Å². The zero-order valence-electron chi connectivity index (χ0n) is 19.4. The van der Waals surface area contributed by atoms with Crippen molar-refractivity contribution >= 4 is 5.91 Å². The van der Waals surface area contributed by atoms with E-state index in [0.29, 0.717) is 17.1 Å². The number of nitrogens with zero attached hydrogens (tertiary/aromatic N) is 4. The van der Waals surface area contributed by atoms with E-state index >= 15 is 0 Å². The topological polar surface area (TPSA) is 67.8 Å². The SMILES string of the molecule is COc1ccc(OC2CCN(C3CCCC3)CC2)c(C(=O)N(C)[C@@H](C)c2ccncn2)c1. The molecule has 2 aromatic rings. The summed E-state index contributed by atoms with van der Waals surface area (Å²) in [6, 6.07) is 7.88. The molecule has 1 aromatic heterocycles. The van der Waals surface area contributed by atoms with Crippen LogP contribution in [-0.4, -0.2) is 65.1 Å². The van der Waals surface area contributed by atoms with Crippen molar-refractivity contribution in [1.82, 2.24) is 19.8 Å². The van der Waals surface area contributed by atoms with E-state index in [1.54, 1.807) is 31.3 Å². The normalized spacial score (nSPS) is 19.0. The number of piperidine rings is 1. The van der Waals surface area contributed by atoms with Crippen LogP contribution in [0.25, 0.3) is 0 Å². The molecule has 2 heterocycles. The Bertz CT molecular complexity index is 893. The molecule has 0 bridgehead atoms. The molecule has 1 aromatic carbocycles. The summed E-state index contributed by atoms with van der Waals surface area (Å²) in [7, 11) is 3.40. The number of benzene rings is 1. The number of amides is 1. The van der Waals surface area contributed by atoms with Gasteiger partial charge < -0.3 is 19.3 Å². The third-order valence-corrected chi connectivity index (χ3v) is 6.96. The van der Waals surface area contributed by atoms with Crippen molar-refractivity contribution in [2.24, 2.45) is 0 Å². The molecule has 0 unspecified atom stereocenters. The van der Waals surface area contributed by atoms with Gasteiger partial charge in [0.15, 0.2) is 0 Å². The van der Waals surface area contributed by atoms with E-state index in [1.807, 2.05) is 25.1 Å². The first-order chi connectivity index (χ1) is 15.6. The predicted molar refractivity (Wildman–Crippen MR) is 123 cm³/mol. The van der Waals surface area contributed by atoms with Gasteiger partial charge in [0.25, 0.3) is 5.91 Å². The van der Waals surface area contributed by atoms with Gasteiger partial charge in [0.2, 0.25) is 0 Å². The third-order valence-electron chi connectivity index (χ3n) is 6.96. The molecule has 7 heteroatoms. The molecule has 1 aliphatic carbocycles. The first-order valence-electron chi connectivity index (χ1n) is 11.7. The Morgan fingerprint density at radius 2 is 1.91 bits per heavy atom. The summed E-state index contributed by atoms with van der Waals surface area (Å²) in [4.78, 5) is 26.0. The first kappa shape index (κ1) is 22.5. The van der Waals surface area contributed by atoms with Crippen LogP contribution in [0.15, 0.2) is 36.8 Å². The number of aromatic nitrogens is 2. The summed E-state index contributed by atoms with van der Waals surface area (Å²) < 4.78 is 11.8. The van der Waals surface area contributed by atoms with Crippen LogP contribution < -0.4 is 9.47 Å². The first-order valence-corrected chi connectivity index (χ1v) is 11.7. The fourth-order valence-corrected chi connectivity index (χ4v) is 4.83. The maximum atomic E-state index is 13.5. The minimum absolute atomic E-state index is 0.117. The van der Waals surface area contributed by atoms with Crippen LogP contribution in [0.5, 0.6) is 11.5 Å². The van der Waals surface area contributed by atoms with Gasteiger partial charge in [-0.25, -0.2) is 9.97 Å².